The maximum absolute atomic E-state index is 11.4. The molecule has 0 heterocycles. The van der Waals surface area contributed by atoms with Crippen molar-refractivity contribution >= 4 is 23.4 Å². The summed E-state index contributed by atoms with van der Waals surface area (Å²) in [6.07, 6.45) is -0.517. The Balaban J connectivity index is 2.14. The van der Waals surface area contributed by atoms with Crippen molar-refractivity contribution < 1.29 is 14.3 Å². The van der Waals surface area contributed by atoms with E-state index in [2.05, 4.69) is 5.32 Å². The summed E-state index contributed by atoms with van der Waals surface area (Å²) < 4.78 is 10.8. The smallest absolute Gasteiger partial charge is 0.412 e. The quantitative estimate of drug-likeness (QED) is 0.842. The first-order valence-electron chi connectivity index (χ1n) is 6.37. The van der Waals surface area contributed by atoms with Crippen molar-refractivity contribution in [2.45, 2.75) is 6.92 Å². The summed E-state index contributed by atoms with van der Waals surface area (Å²) in [4.78, 5) is 11.4. The average molecular weight is 307 g/mol. The number of nitrogens with one attached hydrogen (secondary N) is 1. The zero-order chi connectivity index (χ0) is 15.2. The molecule has 0 saturated heterocycles. The van der Waals surface area contributed by atoms with E-state index in [0.717, 1.165) is 0 Å². The van der Waals surface area contributed by atoms with Gasteiger partial charge in [-0.05, 0) is 31.2 Å². The highest BCUT2D eigenvalue weighted by atomic mass is 35.5. The molecular weight excluding hydrogens is 292 g/mol. The van der Waals surface area contributed by atoms with Gasteiger partial charge in [0.25, 0.3) is 0 Å². The van der Waals surface area contributed by atoms with Crippen molar-refractivity contribution in [3.63, 3.8) is 0 Å². The van der Waals surface area contributed by atoms with Crippen molar-refractivity contribution in [2.24, 2.45) is 0 Å². The first-order chi connectivity index (χ1) is 10.1. The molecule has 0 atom stereocenters. The van der Waals surface area contributed by atoms with Gasteiger partial charge < -0.3 is 20.5 Å². The molecule has 2 aromatic rings. The van der Waals surface area contributed by atoms with Crippen LogP contribution in [-0.4, -0.2) is 12.6 Å². The van der Waals surface area contributed by atoms with E-state index in [-0.39, 0.29) is 0 Å². The molecule has 1 amide bonds. The molecule has 0 unspecified atom stereocenters. The third-order valence-corrected chi connectivity index (χ3v) is 2.78. The van der Waals surface area contributed by atoms with Crippen LogP contribution in [0.25, 0.3) is 0 Å². The Hall–Kier alpha value is -2.40. The number of nitrogen functional groups attached to an aromatic ring is 1. The Labute approximate surface area is 127 Å². The first kappa shape index (κ1) is 15.0. The maximum Gasteiger partial charge on any atom is 0.412 e. The lowest BCUT2D eigenvalue weighted by atomic mass is 10.3. The predicted octanol–water partition coefficient (Wildman–Crippen LogP) is 3.82. The molecule has 0 aliphatic heterocycles. The lowest BCUT2D eigenvalue weighted by molar-refractivity contribution is 0.201. The zero-order valence-corrected chi connectivity index (χ0v) is 12.2. The van der Waals surface area contributed by atoms with E-state index in [4.69, 9.17) is 26.8 Å². The minimum absolute atomic E-state index is 0.374. The van der Waals surface area contributed by atoms with E-state index in [1.807, 2.05) is 6.92 Å². The number of nitrogens with two attached hydrogens (primary N) is 1. The minimum atomic E-state index is -0.517. The van der Waals surface area contributed by atoms with Gasteiger partial charge in [0.2, 0.25) is 0 Å². The summed E-state index contributed by atoms with van der Waals surface area (Å²) in [6, 6.07) is 11.6. The molecule has 5 nitrogen and oxygen atoms in total. The molecule has 2 aromatic carbocycles. The van der Waals surface area contributed by atoms with Crippen LogP contribution in [0.3, 0.4) is 0 Å². The summed E-state index contributed by atoms with van der Waals surface area (Å²) in [5.41, 5.74) is 6.28. The fourth-order valence-electron chi connectivity index (χ4n) is 1.61. The molecule has 0 saturated carbocycles. The second kappa shape index (κ2) is 6.85. The Kier molecular flexibility index (Phi) is 4.90. The molecule has 0 aliphatic rings. The highest BCUT2D eigenvalue weighted by Gasteiger charge is 2.07. The third kappa shape index (κ3) is 4.29. The molecule has 0 fully saturated rings. The van der Waals surface area contributed by atoms with Gasteiger partial charge in [-0.1, -0.05) is 17.7 Å². The van der Waals surface area contributed by atoms with Crippen LogP contribution in [0.2, 0.25) is 5.02 Å². The topological polar surface area (TPSA) is 73.6 Å². The molecule has 0 aliphatic carbocycles. The Morgan fingerprint density at radius 3 is 2.76 bits per heavy atom. The largest absolute Gasteiger partial charge is 0.455 e. The summed E-state index contributed by atoms with van der Waals surface area (Å²) in [5, 5.41) is 3.06. The molecule has 0 radical (unpaired) electrons. The minimum Gasteiger partial charge on any atom is -0.455 e. The van der Waals surface area contributed by atoms with Gasteiger partial charge in [-0.25, -0.2) is 4.79 Å². The lowest BCUT2D eigenvalue weighted by Crippen LogP contribution is -2.26. The van der Waals surface area contributed by atoms with E-state index in [1.165, 1.54) is 0 Å². The van der Waals surface area contributed by atoms with Crippen LogP contribution >= 0.6 is 11.6 Å². The van der Waals surface area contributed by atoms with Gasteiger partial charge in [0, 0.05) is 23.7 Å². The molecule has 2 rings (SSSR count). The Morgan fingerprint density at radius 2 is 2.00 bits per heavy atom. The number of ether oxygens (including phenoxy) is 2. The van der Waals surface area contributed by atoms with E-state index in [0.29, 0.717) is 34.5 Å². The van der Waals surface area contributed by atoms with Gasteiger partial charge in [0.15, 0.2) is 5.75 Å². The van der Waals surface area contributed by atoms with E-state index >= 15 is 0 Å². The normalized spacial score (nSPS) is 10.0. The highest BCUT2D eigenvalue weighted by Crippen LogP contribution is 2.31. The number of hydrogen-bond donors (Lipinski definition) is 2. The van der Waals surface area contributed by atoms with Crippen molar-refractivity contribution in [3.05, 3.63) is 47.5 Å². The van der Waals surface area contributed by atoms with Gasteiger partial charge in [-0.15, -0.1) is 0 Å². The highest BCUT2D eigenvalue weighted by molar-refractivity contribution is 6.30. The molecule has 0 aromatic heterocycles. The van der Waals surface area contributed by atoms with Gasteiger partial charge in [0.05, 0.1) is 5.69 Å². The van der Waals surface area contributed by atoms with E-state index in [9.17, 15) is 4.79 Å². The fourth-order valence-corrected chi connectivity index (χ4v) is 1.77. The SMILES string of the molecule is CCNC(=O)Oc1cccc(Oc2cc(Cl)ccc2N)c1. The second-order valence-corrected chi connectivity index (χ2v) is 4.62. The van der Waals surface area contributed by atoms with Crippen LogP contribution in [0.15, 0.2) is 42.5 Å². The predicted molar refractivity (Wildman–Crippen MR) is 82.1 cm³/mol. The molecule has 110 valence electrons. The van der Waals surface area contributed by atoms with Crippen molar-refractivity contribution in [1.29, 1.82) is 0 Å². The standard InChI is InChI=1S/C15H15ClN2O3/c1-2-18-15(19)21-12-5-3-4-11(9-12)20-14-8-10(16)6-7-13(14)17/h3-9H,2,17H2,1H3,(H,18,19). The van der Waals surface area contributed by atoms with Crippen LogP contribution in [-0.2, 0) is 0 Å². The number of anilines is 1. The van der Waals surface area contributed by atoms with Gasteiger partial charge >= 0.3 is 6.09 Å². The number of hydrogen-bond acceptors (Lipinski definition) is 4. The molecule has 6 heteroatoms. The van der Waals surface area contributed by atoms with Crippen molar-refractivity contribution in [3.8, 4) is 17.2 Å². The van der Waals surface area contributed by atoms with Crippen molar-refractivity contribution in [2.75, 3.05) is 12.3 Å². The van der Waals surface area contributed by atoms with Crippen LogP contribution in [0, 0.1) is 0 Å². The maximum atomic E-state index is 11.4. The Morgan fingerprint density at radius 1 is 1.24 bits per heavy atom. The fraction of sp³-hybridized carbons (Fsp3) is 0.133. The third-order valence-electron chi connectivity index (χ3n) is 2.54. The number of amides is 1. The number of carbonyl (C=O) groups excluding carboxylic acids is 1. The number of benzene rings is 2. The lowest BCUT2D eigenvalue weighted by Gasteiger charge is -2.10. The monoisotopic (exact) mass is 306 g/mol. The zero-order valence-electron chi connectivity index (χ0n) is 11.4. The number of halogens is 1. The van der Waals surface area contributed by atoms with Gasteiger partial charge in [-0.3, -0.25) is 0 Å². The van der Waals surface area contributed by atoms with Crippen LogP contribution in [0.4, 0.5) is 10.5 Å². The molecular formula is C15H15ClN2O3. The van der Waals surface area contributed by atoms with Crippen LogP contribution < -0.4 is 20.5 Å². The molecule has 0 bridgehead atoms. The Bertz CT molecular complexity index is 647. The van der Waals surface area contributed by atoms with Crippen LogP contribution in [0.1, 0.15) is 6.92 Å². The van der Waals surface area contributed by atoms with Crippen molar-refractivity contribution in [1.82, 2.24) is 5.32 Å². The summed E-state index contributed by atoms with van der Waals surface area (Å²) in [7, 11) is 0. The molecule has 3 N–H and O–H groups in total. The summed E-state index contributed by atoms with van der Waals surface area (Å²) in [6.45, 7) is 2.30. The first-order valence-corrected chi connectivity index (χ1v) is 6.75. The van der Waals surface area contributed by atoms with Gasteiger partial charge in [0.1, 0.15) is 11.5 Å². The van der Waals surface area contributed by atoms with Gasteiger partial charge in [-0.2, -0.15) is 0 Å². The number of rotatable bonds is 4. The summed E-state index contributed by atoms with van der Waals surface area (Å²) in [5.74, 6) is 1.31. The average Bonchev–Trinajstić information content (AvgIpc) is 2.43. The van der Waals surface area contributed by atoms with Crippen LogP contribution in [0.5, 0.6) is 17.2 Å². The summed E-state index contributed by atoms with van der Waals surface area (Å²) >= 11 is 5.90. The van der Waals surface area contributed by atoms with E-state index < -0.39 is 6.09 Å². The van der Waals surface area contributed by atoms with E-state index in [1.54, 1.807) is 42.5 Å². The molecule has 21 heavy (non-hydrogen) atoms. The number of carbonyl (C=O) groups is 1. The second-order valence-electron chi connectivity index (χ2n) is 4.18. The molecule has 0 spiro atoms.